The molecule has 120 valence electrons. The van der Waals surface area contributed by atoms with Crippen molar-refractivity contribution in [2.75, 3.05) is 0 Å². The molecule has 0 radical (unpaired) electrons. The van der Waals surface area contributed by atoms with Crippen molar-refractivity contribution in [2.24, 2.45) is 0 Å². The smallest absolute Gasteiger partial charge is 0.208 e. The van der Waals surface area contributed by atoms with Crippen molar-refractivity contribution >= 4 is 49.7 Å². The van der Waals surface area contributed by atoms with Crippen LogP contribution in [0.4, 0.5) is 15.5 Å². The highest BCUT2D eigenvalue weighted by atomic mass is 35.5. The number of hydrogen-bond acceptors (Lipinski definition) is 1. The van der Waals surface area contributed by atoms with Gasteiger partial charge in [-0.15, -0.1) is 15.5 Å². The largest absolute Gasteiger partial charge is 0.223 e. The molecule has 0 unspecified atom stereocenters. The molecule has 0 N–H and O–H groups in total. The molecule has 9 heteroatoms. The topological polar surface area (TPSA) is 12.9 Å². The number of rotatable bonds is 3. The molecule has 2 rings (SSSR count). The Balaban J connectivity index is 2.67. The Labute approximate surface area is 138 Å². The van der Waals surface area contributed by atoms with Crippen LogP contribution in [0.15, 0.2) is 52.8 Å². The molecular weight excluding hydrogens is 385 g/mol. The summed E-state index contributed by atoms with van der Waals surface area (Å²) >= 11 is 16.5. The molecule has 1 heterocycles. The van der Waals surface area contributed by atoms with Gasteiger partial charge in [-0.1, -0.05) is 65.1 Å². The quantitative estimate of drug-likeness (QED) is 0.392. The molecule has 0 saturated carbocycles. The van der Waals surface area contributed by atoms with Crippen LogP contribution in [0, 0.1) is 0 Å². The van der Waals surface area contributed by atoms with Crippen molar-refractivity contribution in [2.45, 2.75) is 4.90 Å². The van der Waals surface area contributed by atoms with E-state index in [1.807, 2.05) is 0 Å². The molecule has 0 fully saturated rings. The van der Waals surface area contributed by atoms with Crippen LogP contribution in [0.3, 0.4) is 0 Å². The summed E-state index contributed by atoms with van der Waals surface area (Å²) in [6, 6.07) is 8.47. The van der Waals surface area contributed by atoms with Crippen LogP contribution in [-0.4, -0.2) is 4.98 Å². The second-order valence-corrected chi connectivity index (χ2v) is 8.48. The van der Waals surface area contributed by atoms with E-state index in [9.17, 15) is 15.5 Å². The van der Waals surface area contributed by atoms with Crippen LogP contribution in [-0.2, 0) is 0 Å². The van der Waals surface area contributed by atoms with Gasteiger partial charge in [0.1, 0.15) is 10.0 Å². The molecule has 0 aliphatic heterocycles. The lowest BCUT2D eigenvalue weighted by atomic mass is 10.2. The molecule has 0 aliphatic rings. The fourth-order valence-corrected chi connectivity index (χ4v) is 4.58. The Bertz CT molecular complexity index is 759. The normalized spacial score (nSPS) is 16.0. The molecule has 22 heavy (non-hydrogen) atoms. The van der Waals surface area contributed by atoms with E-state index in [1.165, 1.54) is 24.3 Å². The Morgan fingerprint density at radius 2 is 1.55 bits per heavy atom. The average molecular weight is 393 g/mol. The minimum atomic E-state index is -8.87. The zero-order valence-corrected chi connectivity index (χ0v) is 13.7. The first-order chi connectivity index (χ1) is 9.91. The molecule has 0 spiro atoms. The van der Waals surface area contributed by atoms with Crippen molar-refractivity contribution in [3.05, 3.63) is 63.7 Å². The summed E-state index contributed by atoms with van der Waals surface area (Å²) < 4.78 is 57.3. The summed E-state index contributed by atoms with van der Waals surface area (Å²) in [6.07, 6.45) is 0. The van der Waals surface area contributed by atoms with Crippen molar-refractivity contribution in [3.63, 3.8) is 0 Å². The summed E-state index contributed by atoms with van der Waals surface area (Å²) in [5.41, 5.74) is 0.0258. The second-order valence-electron chi connectivity index (χ2n) is 4.39. The van der Waals surface area contributed by atoms with E-state index in [0.29, 0.717) is 6.07 Å². The summed E-state index contributed by atoms with van der Waals surface area (Å²) in [7, 11) is -8.87. The van der Waals surface area contributed by atoms with E-state index in [2.05, 4.69) is 4.98 Å². The van der Waals surface area contributed by atoms with Crippen molar-refractivity contribution in [3.8, 4) is 0 Å². The third kappa shape index (κ3) is 3.68. The minimum absolute atomic E-state index is 0.0258. The highest BCUT2D eigenvalue weighted by molar-refractivity contribution is 8.52. The number of aromatic nitrogens is 1. The molecule has 1 aromatic heterocycles. The summed E-state index contributed by atoms with van der Waals surface area (Å²) in [4.78, 5) is 1.54. The number of pyridine rings is 1. The highest BCUT2D eigenvalue weighted by Crippen LogP contribution is 3.02. The van der Waals surface area contributed by atoms with Crippen molar-refractivity contribution in [1.29, 1.82) is 0 Å². The van der Waals surface area contributed by atoms with E-state index in [0.717, 1.165) is 6.07 Å². The molecule has 0 aliphatic carbocycles. The maximum absolute atomic E-state index is 14.3. The number of hydrogen-bond donors (Lipinski definition) is 0. The van der Waals surface area contributed by atoms with Gasteiger partial charge in [-0.05, 0) is 17.7 Å². The van der Waals surface area contributed by atoms with Crippen LogP contribution in [0.5, 0.6) is 0 Å². The Morgan fingerprint density at radius 3 is 2.09 bits per heavy atom. The lowest BCUT2D eigenvalue weighted by Gasteiger charge is -2.47. The fraction of sp³-hybridized carbons (Fsp3) is 0. The van der Waals surface area contributed by atoms with Gasteiger partial charge in [0.15, 0.2) is 5.15 Å². The Hall–Kier alpha value is -0.950. The zero-order chi connectivity index (χ0) is 16.7. The molecule has 0 amide bonds. The summed E-state index contributed by atoms with van der Waals surface area (Å²) in [6.45, 7) is 0. The predicted octanol–water partition coefficient (Wildman–Crippen LogP) is 7.40. The van der Waals surface area contributed by atoms with E-state index < -0.39 is 30.3 Å². The first-order valence-corrected chi connectivity index (χ1v) is 8.93. The molecule has 0 bridgehead atoms. The van der Waals surface area contributed by atoms with Crippen LogP contribution in [0.2, 0.25) is 10.3 Å². The van der Waals surface area contributed by atoms with Gasteiger partial charge in [0.2, 0.25) is 9.84 Å². The van der Waals surface area contributed by atoms with Gasteiger partial charge >= 0.3 is 0 Å². The number of halogens is 7. The predicted molar refractivity (Wildman–Crippen MR) is 84.8 cm³/mol. The molecular formula is C13H8Cl3F4NS. The van der Waals surface area contributed by atoms with Gasteiger partial charge in [-0.2, -0.15) is 0 Å². The first-order valence-electron chi connectivity index (χ1n) is 5.68. The van der Waals surface area contributed by atoms with E-state index in [4.69, 9.17) is 34.8 Å². The average Bonchev–Trinajstić information content (AvgIpc) is 2.37. The summed E-state index contributed by atoms with van der Waals surface area (Å²) in [5.74, 6) is 0. The molecule has 2 aromatic rings. The monoisotopic (exact) mass is 391 g/mol. The third-order valence-electron chi connectivity index (χ3n) is 2.63. The fourth-order valence-electron chi connectivity index (χ4n) is 1.65. The minimum Gasteiger partial charge on any atom is -0.223 e. The second kappa shape index (κ2) is 5.03. The van der Waals surface area contributed by atoms with Crippen molar-refractivity contribution < 1.29 is 15.5 Å². The summed E-state index contributed by atoms with van der Waals surface area (Å²) in [5, 5.41) is -2.67. The van der Waals surface area contributed by atoms with Gasteiger partial charge < -0.3 is 0 Å². The van der Waals surface area contributed by atoms with Crippen LogP contribution in [0.1, 0.15) is 5.56 Å². The lowest BCUT2D eigenvalue weighted by Crippen LogP contribution is -2.12. The molecule has 1 aromatic carbocycles. The zero-order valence-electron chi connectivity index (χ0n) is 10.6. The SMILES string of the molecule is FS(F)(F)(F)(/C=C(/Cl)c1ccccc1)c1ccc(Cl)nc1Cl. The van der Waals surface area contributed by atoms with E-state index >= 15 is 0 Å². The highest BCUT2D eigenvalue weighted by Gasteiger charge is 2.64. The maximum Gasteiger partial charge on any atom is 0.208 e. The first kappa shape index (κ1) is 17.4. The van der Waals surface area contributed by atoms with Gasteiger partial charge in [0.25, 0.3) is 0 Å². The lowest BCUT2D eigenvalue weighted by molar-refractivity contribution is 0.465. The standard InChI is InChI=1S/C13H8Cl3F4NS/c14-10(9-4-2-1-3-5-9)8-22(17,18,19,20)11-6-7-12(15)21-13(11)16/h1-8H/b10-8+. The van der Waals surface area contributed by atoms with Crippen LogP contribution >= 0.6 is 44.6 Å². The molecule has 1 nitrogen and oxygen atoms in total. The molecule has 0 atom stereocenters. The van der Waals surface area contributed by atoms with Crippen LogP contribution < -0.4 is 0 Å². The third-order valence-corrected chi connectivity index (χ3v) is 5.66. The Kier molecular flexibility index (Phi) is 3.98. The van der Waals surface area contributed by atoms with E-state index in [1.54, 1.807) is 6.07 Å². The van der Waals surface area contributed by atoms with Crippen LogP contribution in [0.25, 0.3) is 5.03 Å². The van der Waals surface area contributed by atoms with Crippen molar-refractivity contribution in [1.82, 2.24) is 4.98 Å². The van der Waals surface area contributed by atoms with Gasteiger partial charge in [0, 0.05) is 0 Å². The van der Waals surface area contributed by atoms with Gasteiger partial charge in [0.05, 0.1) is 10.4 Å². The van der Waals surface area contributed by atoms with Gasteiger partial charge in [-0.25, -0.2) is 4.98 Å². The van der Waals surface area contributed by atoms with E-state index in [-0.39, 0.29) is 10.7 Å². The maximum atomic E-state index is 14.3. The number of benzene rings is 1. The molecule has 0 saturated heterocycles. The van der Waals surface area contributed by atoms with Gasteiger partial charge in [-0.3, -0.25) is 0 Å². The Morgan fingerprint density at radius 1 is 0.955 bits per heavy atom. The number of nitrogens with zero attached hydrogens (tertiary/aromatic N) is 1.